The summed E-state index contributed by atoms with van der Waals surface area (Å²) in [6, 6.07) is 2.15. The van der Waals surface area contributed by atoms with Crippen molar-refractivity contribution in [3.63, 3.8) is 0 Å². The van der Waals surface area contributed by atoms with Gasteiger partial charge in [-0.05, 0) is 59.2 Å². The highest BCUT2D eigenvalue weighted by Crippen LogP contribution is 2.08. The van der Waals surface area contributed by atoms with Crippen LogP contribution in [0, 0.1) is 0 Å². The molecule has 0 aliphatic heterocycles. The van der Waals surface area contributed by atoms with E-state index in [1.807, 2.05) is 16.9 Å². The van der Waals surface area contributed by atoms with E-state index in [0.717, 1.165) is 31.7 Å². The Morgan fingerprint density at radius 1 is 1.53 bits per heavy atom. The Kier molecular flexibility index (Phi) is 6.80. The molecule has 108 valence electrons. The zero-order chi connectivity index (χ0) is 14.3. The van der Waals surface area contributed by atoms with E-state index < -0.39 is 0 Å². The standard InChI is InChI=1S/C13H25N5S/c1-5-18-10-7-12(16-18)11(2)15-13(19)14-8-6-9-17(3)4/h7,10-11H,5-6,8-9H2,1-4H3,(H2,14,15,19). The van der Waals surface area contributed by atoms with E-state index in [4.69, 9.17) is 12.2 Å². The van der Waals surface area contributed by atoms with Gasteiger partial charge >= 0.3 is 0 Å². The summed E-state index contributed by atoms with van der Waals surface area (Å²) in [5.41, 5.74) is 1.01. The van der Waals surface area contributed by atoms with E-state index >= 15 is 0 Å². The van der Waals surface area contributed by atoms with E-state index in [1.165, 1.54) is 0 Å². The van der Waals surface area contributed by atoms with Crippen LogP contribution in [-0.2, 0) is 6.54 Å². The molecule has 1 atom stereocenters. The summed E-state index contributed by atoms with van der Waals surface area (Å²) in [6.45, 7) is 6.98. The van der Waals surface area contributed by atoms with Gasteiger partial charge in [-0.2, -0.15) is 5.10 Å². The van der Waals surface area contributed by atoms with Crippen LogP contribution >= 0.6 is 12.2 Å². The largest absolute Gasteiger partial charge is 0.363 e. The first-order valence-electron chi connectivity index (χ1n) is 6.75. The molecular weight excluding hydrogens is 258 g/mol. The number of thiocarbonyl (C=S) groups is 1. The topological polar surface area (TPSA) is 45.1 Å². The molecule has 1 unspecified atom stereocenters. The monoisotopic (exact) mass is 283 g/mol. The van der Waals surface area contributed by atoms with Crippen LogP contribution in [0.2, 0.25) is 0 Å². The van der Waals surface area contributed by atoms with Crippen LogP contribution in [0.15, 0.2) is 12.3 Å². The lowest BCUT2D eigenvalue weighted by atomic mass is 10.2. The first-order valence-corrected chi connectivity index (χ1v) is 7.16. The fraction of sp³-hybridized carbons (Fsp3) is 0.692. The Bertz CT molecular complexity index is 388. The maximum Gasteiger partial charge on any atom is 0.166 e. The molecule has 0 bridgehead atoms. The lowest BCUT2D eigenvalue weighted by molar-refractivity contribution is 0.399. The van der Waals surface area contributed by atoms with Crippen molar-refractivity contribution in [3.8, 4) is 0 Å². The molecule has 0 saturated heterocycles. The van der Waals surface area contributed by atoms with Crippen LogP contribution in [0.4, 0.5) is 0 Å². The fourth-order valence-corrected chi connectivity index (χ4v) is 1.98. The van der Waals surface area contributed by atoms with Crippen LogP contribution in [0.5, 0.6) is 0 Å². The number of rotatable bonds is 7. The molecule has 6 heteroatoms. The second-order valence-electron chi connectivity index (χ2n) is 4.88. The quantitative estimate of drug-likeness (QED) is 0.585. The molecule has 0 amide bonds. The fourth-order valence-electron chi connectivity index (χ4n) is 1.70. The van der Waals surface area contributed by atoms with Crippen molar-refractivity contribution in [2.75, 3.05) is 27.2 Å². The van der Waals surface area contributed by atoms with E-state index in [9.17, 15) is 0 Å². The molecule has 1 aromatic rings. The minimum Gasteiger partial charge on any atom is -0.363 e. The zero-order valence-corrected chi connectivity index (χ0v) is 13.1. The minimum absolute atomic E-state index is 0.127. The van der Waals surface area contributed by atoms with Gasteiger partial charge in [0.05, 0.1) is 11.7 Å². The number of hydrogen-bond acceptors (Lipinski definition) is 3. The lowest BCUT2D eigenvalue weighted by Crippen LogP contribution is -2.38. The Hall–Kier alpha value is -1.14. The molecule has 0 spiro atoms. The molecule has 1 heterocycles. The predicted molar refractivity (Wildman–Crippen MR) is 83.2 cm³/mol. The van der Waals surface area contributed by atoms with Gasteiger partial charge in [-0.15, -0.1) is 0 Å². The van der Waals surface area contributed by atoms with E-state index in [0.29, 0.717) is 5.11 Å². The summed E-state index contributed by atoms with van der Waals surface area (Å²) >= 11 is 5.27. The van der Waals surface area contributed by atoms with Crippen LogP contribution in [-0.4, -0.2) is 47.0 Å². The number of aryl methyl sites for hydroxylation is 1. The molecule has 0 saturated carbocycles. The Morgan fingerprint density at radius 3 is 2.84 bits per heavy atom. The lowest BCUT2D eigenvalue weighted by Gasteiger charge is -2.16. The Labute approximate surface area is 121 Å². The highest BCUT2D eigenvalue weighted by atomic mass is 32.1. The molecule has 0 aliphatic rings. The third-order valence-corrected chi connectivity index (χ3v) is 3.11. The average molecular weight is 283 g/mol. The van der Waals surface area contributed by atoms with Gasteiger partial charge in [0.15, 0.2) is 5.11 Å². The van der Waals surface area contributed by atoms with Crippen molar-refractivity contribution in [2.45, 2.75) is 32.9 Å². The highest BCUT2D eigenvalue weighted by molar-refractivity contribution is 7.80. The van der Waals surface area contributed by atoms with Gasteiger partial charge in [0.25, 0.3) is 0 Å². The maximum atomic E-state index is 5.27. The molecule has 1 aromatic heterocycles. The van der Waals surface area contributed by atoms with Gasteiger partial charge in [-0.25, -0.2) is 0 Å². The first-order chi connectivity index (χ1) is 9.02. The summed E-state index contributed by atoms with van der Waals surface area (Å²) in [5, 5.41) is 11.6. The molecule has 0 aliphatic carbocycles. The Morgan fingerprint density at radius 2 is 2.26 bits per heavy atom. The smallest absolute Gasteiger partial charge is 0.166 e. The van der Waals surface area contributed by atoms with Crippen LogP contribution < -0.4 is 10.6 Å². The molecule has 2 N–H and O–H groups in total. The van der Waals surface area contributed by atoms with E-state index in [1.54, 1.807) is 0 Å². The van der Waals surface area contributed by atoms with Gasteiger partial charge < -0.3 is 15.5 Å². The van der Waals surface area contributed by atoms with Crippen molar-refractivity contribution in [1.29, 1.82) is 0 Å². The van der Waals surface area contributed by atoms with Crippen molar-refractivity contribution < 1.29 is 0 Å². The molecule has 0 radical (unpaired) electrons. The third kappa shape index (κ3) is 6.02. The van der Waals surface area contributed by atoms with Crippen molar-refractivity contribution in [1.82, 2.24) is 25.3 Å². The first kappa shape index (κ1) is 15.9. The summed E-state index contributed by atoms with van der Waals surface area (Å²) in [7, 11) is 4.14. The van der Waals surface area contributed by atoms with E-state index in [2.05, 4.69) is 48.6 Å². The number of nitrogens with one attached hydrogen (secondary N) is 2. The predicted octanol–water partition coefficient (Wildman–Crippen LogP) is 1.38. The van der Waals surface area contributed by atoms with E-state index in [-0.39, 0.29) is 6.04 Å². The van der Waals surface area contributed by atoms with Gasteiger partial charge in [-0.3, -0.25) is 4.68 Å². The number of aromatic nitrogens is 2. The van der Waals surface area contributed by atoms with Crippen molar-refractivity contribution >= 4 is 17.3 Å². The number of hydrogen-bond donors (Lipinski definition) is 2. The SMILES string of the molecule is CCn1ccc(C(C)NC(=S)NCCCN(C)C)n1. The summed E-state index contributed by atoms with van der Waals surface area (Å²) in [4.78, 5) is 2.16. The molecule has 1 rings (SSSR count). The summed E-state index contributed by atoms with van der Waals surface area (Å²) in [5.74, 6) is 0. The molecule has 5 nitrogen and oxygen atoms in total. The molecular formula is C13H25N5S. The van der Waals surface area contributed by atoms with Crippen LogP contribution in [0.3, 0.4) is 0 Å². The minimum atomic E-state index is 0.127. The van der Waals surface area contributed by atoms with Crippen LogP contribution in [0.1, 0.15) is 32.0 Å². The molecule has 19 heavy (non-hydrogen) atoms. The Balaban J connectivity index is 2.27. The highest BCUT2D eigenvalue weighted by Gasteiger charge is 2.09. The van der Waals surface area contributed by atoms with Gasteiger partial charge in [0.2, 0.25) is 0 Å². The summed E-state index contributed by atoms with van der Waals surface area (Å²) in [6.07, 6.45) is 3.06. The van der Waals surface area contributed by atoms with Crippen molar-refractivity contribution in [3.05, 3.63) is 18.0 Å². The normalized spacial score (nSPS) is 12.5. The van der Waals surface area contributed by atoms with Gasteiger partial charge in [0, 0.05) is 19.3 Å². The zero-order valence-electron chi connectivity index (χ0n) is 12.3. The average Bonchev–Trinajstić information content (AvgIpc) is 2.83. The maximum absolute atomic E-state index is 5.27. The van der Waals surface area contributed by atoms with Crippen molar-refractivity contribution in [2.24, 2.45) is 0 Å². The van der Waals surface area contributed by atoms with Gasteiger partial charge in [0.1, 0.15) is 0 Å². The molecule has 0 aromatic carbocycles. The second kappa shape index (κ2) is 8.12. The third-order valence-electron chi connectivity index (χ3n) is 2.84. The second-order valence-corrected chi connectivity index (χ2v) is 5.28. The molecule has 0 fully saturated rings. The number of nitrogens with zero attached hydrogens (tertiary/aromatic N) is 3. The summed E-state index contributed by atoms with van der Waals surface area (Å²) < 4.78 is 1.92. The van der Waals surface area contributed by atoms with Crippen LogP contribution in [0.25, 0.3) is 0 Å². The van der Waals surface area contributed by atoms with Gasteiger partial charge in [-0.1, -0.05) is 0 Å².